The van der Waals surface area contributed by atoms with E-state index in [1.165, 1.54) is 17.8 Å². The van der Waals surface area contributed by atoms with Crippen molar-refractivity contribution in [1.82, 2.24) is 10.2 Å². The maximum Gasteiger partial charge on any atom is 0.345 e. The van der Waals surface area contributed by atoms with Gasteiger partial charge in [-0.15, -0.1) is 11.3 Å². The van der Waals surface area contributed by atoms with Crippen LogP contribution >= 0.6 is 11.3 Å². The lowest BCUT2D eigenvalue weighted by atomic mass is 10.1. The molecule has 2 heterocycles. The smallest absolute Gasteiger partial charge is 0.345 e. The van der Waals surface area contributed by atoms with Crippen LogP contribution < -0.4 is 5.32 Å². The van der Waals surface area contributed by atoms with Gasteiger partial charge < -0.3 is 15.3 Å². The van der Waals surface area contributed by atoms with Crippen molar-refractivity contribution in [3.05, 3.63) is 21.9 Å². The van der Waals surface area contributed by atoms with Crippen molar-refractivity contribution in [3.8, 4) is 0 Å². The number of thiophene rings is 1. The summed E-state index contributed by atoms with van der Waals surface area (Å²) in [7, 11) is 0. The van der Waals surface area contributed by atoms with Crippen molar-refractivity contribution >= 4 is 23.2 Å². The molecule has 5 nitrogen and oxygen atoms in total. The first-order valence-electron chi connectivity index (χ1n) is 6.97. The van der Waals surface area contributed by atoms with E-state index in [-0.39, 0.29) is 5.91 Å². The highest BCUT2D eigenvalue weighted by Gasteiger charge is 2.15. The summed E-state index contributed by atoms with van der Waals surface area (Å²) < 4.78 is 0. The van der Waals surface area contributed by atoms with E-state index in [1.807, 2.05) is 11.0 Å². The van der Waals surface area contributed by atoms with Crippen molar-refractivity contribution in [2.24, 2.45) is 0 Å². The van der Waals surface area contributed by atoms with Crippen LogP contribution in [0.3, 0.4) is 0 Å². The number of rotatable bonds is 6. The van der Waals surface area contributed by atoms with Gasteiger partial charge in [-0.05, 0) is 31.4 Å². The summed E-state index contributed by atoms with van der Waals surface area (Å²) in [5.41, 5.74) is 0. The number of aromatic carboxylic acids is 1. The monoisotopic (exact) mass is 296 g/mol. The van der Waals surface area contributed by atoms with E-state index in [9.17, 15) is 9.59 Å². The molecule has 2 N–H and O–H groups in total. The summed E-state index contributed by atoms with van der Waals surface area (Å²) in [5.74, 6) is -0.670. The molecule has 0 radical (unpaired) electrons. The standard InChI is InChI=1S/C14H20N2O3S/c17-13(16-8-2-1-3-9-16)6-7-15-10-11-4-5-12(20-11)14(18)19/h4-5,15H,1-3,6-10H2,(H,18,19). The van der Waals surface area contributed by atoms with E-state index >= 15 is 0 Å². The Morgan fingerprint density at radius 2 is 2.00 bits per heavy atom. The average Bonchev–Trinajstić information content (AvgIpc) is 2.93. The molecule has 1 saturated heterocycles. The molecule has 1 amide bonds. The molecule has 1 aliphatic heterocycles. The fraction of sp³-hybridized carbons (Fsp3) is 0.571. The fourth-order valence-corrected chi connectivity index (χ4v) is 3.11. The van der Waals surface area contributed by atoms with Crippen LogP contribution in [-0.4, -0.2) is 41.5 Å². The van der Waals surface area contributed by atoms with Crippen molar-refractivity contribution in [1.29, 1.82) is 0 Å². The van der Waals surface area contributed by atoms with E-state index in [1.54, 1.807) is 6.07 Å². The highest BCUT2D eigenvalue weighted by molar-refractivity contribution is 7.13. The molecule has 0 spiro atoms. The number of likely N-dealkylation sites (tertiary alicyclic amines) is 1. The zero-order valence-corrected chi connectivity index (χ0v) is 12.2. The Morgan fingerprint density at radius 3 is 2.65 bits per heavy atom. The third-order valence-corrected chi connectivity index (χ3v) is 4.47. The van der Waals surface area contributed by atoms with Gasteiger partial charge in [0.25, 0.3) is 0 Å². The zero-order chi connectivity index (χ0) is 14.4. The second-order valence-corrected chi connectivity index (χ2v) is 6.11. The van der Waals surface area contributed by atoms with Crippen LogP contribution in [0.25, 0.3) is 0 Å². The van der Waals surface area contributed by atoms with Crippen molar-refractivity contribution in [2.75, 3.05) is 19.6 Å². The van der Waals surface area contributed by atoms with Gasteiger partial charge in [-0.25, -0.2) is 4.79 Å². The van der Waals surface area contributed by atoms with Crippen molar-refractivity contribution in [3.63, 3.8) is 0 Å². The highest BCUT2D eigenvalue weighted by Crippen LogP contribution is 2.16. The maximum absolute atomic E-state index is 11.9. The Hall–Kier alpha value is -1.40. The van der Waals surface area contributed by atoms with Gasteiger partial charge >= 0.3 is 5.97 Å². The van der Waals surface area contributed by atoms with E-state index in [2.05, 4.69) is 5.32 Å². The van der Waals surface area contributed by atoms with E-state index in [4.69, 9.17) is 5.11 Å². The second kappa shape index (κ2) is 7.40. The van der Waals surface area contributed by atoms with Crippen LogP contribution in [0.1, 0.15) is 40.2 Å². The molecule has 0 saturated carbocycles. The Kier molecular flexibility index (Phi) is 5.55. The molecule has 1 aromatic heterocycles. The van der Waals surface area contributed by atoms with Gasteiger partial charge in [0.15, 0.2) is 0 Å². The fourth-order valence-electron chi connectivity index (χ4n) is 2.30. The molecular weight excluding hydrogens is 276 g/mol. The molecule has 0 aliphatic carbocycles. The van der Waals surface area contributed by atoms with Gasteiger partial charge in [-0.3, -0.25) is 4.79 Å². The van der Waals surface area contributed by atoms with Crippen LogP contribution in [0.5, 0.6) is 0 Å². The predicted octanol–water partition coefficient (Wildman–Crippen LogP) is 1.94. The van der Waals surface area contributed by atoms with E-state index in [0.717, 1.165) is 30.8 Å². The van der Waals surface area contributed by atoms with Gasteiger partial charge in [-0.2, -0.15) is 0 Å². The van der Waals surface area contributed by atoms with Crippen LogP contribution in [0, 0.1) is 0 Å². The highest BCUT2D eigenvalue weighted by atomic mass is 32.1. The third kappa shape index (κ3) is 4.31. The molecule has 1 fully saturated rings. The quantitative estimate of drug-likeness (QED) is 0.787. The Labute approximate surface area is 122 Å². The van der Waals surface area contributed by atoms with Gasteiger partial charge in [0.1, 0.15) is 4.88 Å². The zero-order valence-electron chi connectivity index (χ0n) is 11.4. The summed E-state index contributed by atoms with van der Waals surface area (Å²) in [6.45, 7) is 3.04. The van der Waals surface area contributed by atoms with E-state index < -0.39 is 5.97 Å². The van der Waals surface area contributed by atoms with Crippen LogP contribution in [0.4, 0.5) is 0 Å². The molecule has 0 atom stereocenters. The lowest BCUT2D eigenvalue weighted by Crippen LogP contribution is -2.37. The van der Waals surface area contributed by atoms with Crippen LogP contribution in [0.2, 0.25) is 0 Å². The number of nitrogens with one attached hydrogen (secondary N) is 1. The number of amides is 1. The number of carbonyl (C=O) groups excluding carboxylic acids is 1. The number of nitrogens with zero attached hydrogens (tertiary/aromatic N) is 1. The minimum atomic E-state index is -0.887. The number of piperidine rings is 1. The minimum Gasteiger partial charge on any atom is -0.477 e. The molecule has 1 aromatic rings. The predicted molar refractivity (Wildman–Crippen MR) is 78.0 cm³/mol. The van der Waals surface area contributed by atoms with Gasteiger partial charge in [0, 0.05) is 37.5 Å². The molecule has 1 aliphatic rings. The van der Waals surface area contributed by atoms with Gasteiger partial charge in [0.2, 0.25) is 5.91 Å². The molecule has 2 rings (SSSR count). The largest absolute Gasteiger partial charge is 0.477 e. The normalized spacial score (nSPS) is 15.3. The summed E-state index contributed by atoms with van der Waals surface area (Å²) in [4.78, 5) is 25.9. The number of carboxylic acids is 1. The maximum atomic E-state index is 11.9. The molecule has 0 bridgehead atoms. The summed E-state index contributed by atoms with van der Waals surface area (Å²) in [6.07, 6.45) is 3.97. The molecule has 0 unspecified atom stereocenters. The topological polar surface area (TPSA) is 69.6 Å². The number of carboxylic acid groups (broad SMARTS) is 1. The first kappa shape index (κ1) is 15.0. The van der Waals surface area contributed by atoms with E-state index in [0.29, 0.717) is 24.4 Å². The number of hydrogen-bond acceptors (Lipinski definition) is 4. The first-order chi connectivity index (χ1) is 9.66. The van der Waals surface area contributed by atoms with Crippen LogP contribution in [0.15, 0.2) is 12.1 Å². The van der Waals surface area contributed by atoms with Gasteiger partial charge in [0.05, 0.1) is 0 Å². The third-order valence-electron chi connectivity index (χ3n) is 3.40. The molecule has 20 heavy (non-hydrogen) atoms. The Balaban J connectivity index is 1.65. The molecular formula is C14H20N2O3S. The van der Waals surface area contributed by atoms with Crippen LogP contribution in [-0.2, 0) is 11.3 Å². The second-order valence-electron chi connectivity index (χ2n) is 4.94. The first-order valence-corrected chi connectivity index (χ1v) is 7.79. The number of hydrogen-bond donors (Lipinski definition) is 2. The lowest BCUT2D eigenvalue weighted by molar-refractivity contribution is -0.131. The summed E-state index contributed by atoms with van der Waals surface area (Å²) in [5, 5.41) is 12.0. The van der Waals surface area contributed by atoms with Gasteiger partial charge in [-0.1, -0.05) is 0 Å². The Morgan fingerprint density at radius 1 is 1.25 bits per heavy atom. The number of carbonyl (C=O) groups is 2. The van der Waals surface area contributed by atoms with Crippen molar-refractivity contribution < 1.29 is 14.7 Å². The SMILES string of the molecule is O=C(O)c1ccc(CNCCC(=O)N2CCCCC2)s1. The lowest BCUT2D eigenvalue weighted by Gasteiger charge is -2.26. The summed E-state index contributed by atoms with van der Waals surface area (Å²) in [6, 6.07) is 3.43. The molecule has 110 valence electrons. The molecule has 6 heteroatoms. The molecule has 0 aromatic carbocycles. The summed E-state index contributed by atoms with van der Waals surface area (Å²) >= 11 is 1.27. The average molecular weight is 296 g/mol. The minimum absolute atomic E-state index is 0.217. The van der Waals surface area contributed by atoms with Crippen molar-refractivity contribution in [2.45, 2.75) is 32.2 Å². The Bertz CT molecular complexity index is 467.